The van der Waals surface area contributed by atoms with Crippen molar-refractivity contribution >= 4 is 35.1 Å². The van der Waals surface area contributed by atoms with Crippen LogP contribution in [0.4, 0.5) is 4.39 Å². The van der Waals surface area contributed by atoms with Gasteiger partial charge in [0.05, 0.1) is 24.0 Å². The lowest BCUT2D eigenvalue weighted by atomic mass is 9.85. The number of carbonyl (C=O) groups excluding carboxylic acids is 5. The van der Waals surface area contributed by atoms with Gasteiger partial charge in [-0.2, -0.15) is 0 Å². The third kappa shape index (κ3) is 7.59. The number of aliphatic imine (C=N–C) groups is 1. The number of likely N-dealkylation sites (tertiary alicyclic amines) is 1. The maximum Gasteiger partial charge on any atom is 0.287 e. The summed E-state index contributed by atoms with van der Waals surface area (Å²) in [4.78, 5) is 69.9. The molecule has 4 amide bonds. The number of amides is 4. The van der Waals surface area contributed by atoms with Gasteiger partial charge in [0, 0.05) is 18.5 Å². The van der Waals surface area contributed by atoms with Crippen LogP contribution in [0.15, 0.2) is 35.5 Å². The highest BCUT2D eigenvalue weighted by atomic mass is 19.1. The molecule has 14 heteroatoms. The lowest BCUT2D eigenvalue weighted by Gasteiger charge is -2.27. The Morgan fingerprint density at radius 1 is 1.14 bits per heavy atom. The van der Waals surface area contributed by atoms with Crippen LogP contribution in [0.3, 0.4) is 0 Å². The van der Waals surface area contributed by atoms with E-state index in [0.29, 0.717) is 5.69 Å². The van der Waals surface area contributed by atoms with Gasteiger partial charge in [-0.1, -0.05) is 37.3 Å². The SMILES string of the molecule is CC(NC(=O)[C@@H]1C[C@H](n2nncc2C(C)(C)O)CN1C(=O)/C(CC1CCCCC1)=N/C(=O)c1ccc(F)cc1)C(=O)C(N)=O. The van der Waals surface area contributed by atoms with Gasteiger partial charge in [0.1, 0.15) is 23.2 Å². The molecule has 236 valence electrons. The zero-order valence-corrected chi connectivity index (χ0v) is 25.0. The van der Waals surface area contributed by atoms with E-state index in [0.717, 1.165) is 44.2 Å². The van der Waals surface area contributed by atoms with Crippen molar-refractivity contribution in [3.63, 3.8) is 0 Å². The quantitative estimate of drug-likeness (QED) is 0.267. The first-order valence-corrected chi connectivity index (χ1v) is 14.7. The molecule has 0 spiro atoms. The summed E-state index contributed by atoms with van der Waals surface area (Å²) in [6.07, 6.45) is 6.36. The minimum atomic E-state index is -1.34. The Morgan fingerprint density at radius 2 is 1.80 bits per heavy atom. The normalized spacial score (nSPS) is 20.3. The van der Waals surface area contributed by atoms with Crippen LogP contribution in [-0.2, 0) is 24.8 Å². The number of nitrogens with one attached hydrogen (secondary N) is 1. The summed E-state index contributed by atoms with van der Waals surface area (Å²) >= 11 is 0. The van der Waals surface area contributed by atoms with Crippen LogP contribution in [0.5, 0.6) is 0 Å². The molecule has 2 aliphatic rings. The number of primary amides is 1. The molecule has 0 radical (unpaired) electrons. The van der Waals surface area contributed by atoms with Crippen molar-refractivity contribution in [2.45, 2.75) is 89.4 Å². The topological polar surface area (TPSA) is 190 Å². The van der Waals surface area contributed by atoms with Crippen LogP contribution in [0, 0.1) is 11.7 Å². The number of nitrogens with zero attached hydrogens (tertiary/aromatic N) is 5. The van der Waals surface area contributed by atoms with Crippen molar-refractivity contribution in [2.75, 3.05) is 6.54 Å². The molecule has 3 atom stereocenters. The molecule has 2 fully saturated rings. The molecule has 4 N–H and O–H groups in total. The molecule has 4 rings (SSSR count). The van der Waals surface area contributed by atoms with E-state index in [2.05, 4.69) is 20.6 Å². The van der Waals surface area contributed by atoms with Crippen molar-refractivity contribution < 1.29 is 33.5 Å². The average Bonchev–Trinajstić information content (AvgIpc) is 3.65. The molecule has 1 aromatic carbocycles. The number of aliphatic hydroxyl groups is 1. The van der Waals surface area contributed by atoms with E-state index in [1.807, 2.05) is 0 Å². The second kappa shape index (κ2) is 13.5. The fraction of sp³-hybridized carbons (Fsp3) is 0.533. The second-order valence-electron chi connectivity index (χ2n) is 12.0. The lowest BCUT2D eigenvalue weighted by Crippen LogP contribution is -2.52. The Balaban J connectivity index is 1.70. The molecule has 1 unspecified atom stereocenters. The predicted octanol–water partition coefficient (Wildman–Crippen LogP) is 1.60. The lowest BCUT2D eigenvalue weighted by molar-refractivity contribution is -0.139. The monoisotopic (exact) mass is 611 g/mol. The minimum Gasteiger partial charge on any atom is -0.384 e. The molecule has 1 aliphatic heterocycles. The minimum absolute atomic E-state index is 0.0319. The van der Waals surface area contributed by atoms with Gasteiger partial charge in [-0.15, -0.1) is 5.10 Å². The fourth-order valence-electron chi connectivity index (χ4n) is 5.79. The molecule has 44 heavy (non-hydrogen) atoms. The largest absolute Gasteiger partial charge is 0.384 e. The highest BCUT2D eigenvalue weighted by Crippen LogP contribution is 2.33. The van der Waals surface area contributed by atoms with Gasteiger partial charge in [0.25, 0.3) is 17.7 Å². The molecular formula is C30H38FN7O6. The third-order valence-electron chi connectivity index (χ3n) is 8.17. The zero-order valence-electron chi connectivity index (χ0n) is 25.0. The van der Waals surface area contributed by atoms with Gasteiger partial charge in [0.2, 0.25) is 11.7 Å². The first kappa shape index (κ1) is 32.6. The van der Waals surface area contributed by atoms with Crippen LogP contribution in [0.1, 0.15) is 87.8 Å². The van der Waals surface area contributed by atoms with Crippen LogP contribution < -0.4 is 11.1 Å². The Hall–Kier alpha value is -4.33. The molecule has 2 heterocycles. The van der Waals surface area contributed by atoms with Crippen molar-refractivity contribution in [1.29, 1.82) is 0 Å². The Labute approximate surface area is 254 Å². The van der Waals surface area contributed by atoms with Crippen molar-refractivity contribution in [3.05, 3.63) is 47.5 Å². The molecule has 0 bridgehead atoms. The van der Waals surface area contributed by atoms with Crippen molar-refractivity contribution in [2.24, 2.45) is 16.6 Å². The van der Waals surface area contributed by atoms with Crippen molar-refractivity contribution in [3.8, 4) is 0 Å². The Kier molecular flexibility index (Phi) is 10.0. The zero-order chi connectivity index (χ0) is 32.2. The first-order chi connectivity index (χ1) is 20.8. The van der Waals surface area contributed by atoms with Gasteiger partial charge in [-0.05, 0) is 57.4 Å². The standard InChI is InChI=1S/C30H38FN7O6/c1-17(25(39)26(32)40)34-28(42)23-14-21(38-24(15-33-36-38)30(2,3)44)16-37(23)29(43)22(13-18-7-5-4-6-8-18)35-27(41)19-9-11-20(31)12-10-19/h9-12,15,17-18,21,23,44H,4-8,13-14,16H2,1-3H3,(H2,32,40)(H,34,42)/b35-22+/t17?,21-,23-/m0/s1. The summed E-state index contributed by atoms with van der Waals surface area (Å²) < 4.78 is 14.9. The predicted molar refractivity (Wildman–Crippen MR) is 156 cm³/mol. The van der Waals surface area contributed by atoms with Crippen LogP contribution in [-0.4, -0.2) is 78.8 Å². The molecule has 1 saturated heterocycles. The number of hydrogen-bond donors (Lipinski definition) is 3. The van der Waals surface area contributed by atoms with E-state index in [1.54, 1.807) is 13.8 Å². The summed E-state index contributed by atoms with van der Waals surface area (Å²) in [6, 6.07) is 1.83. The van der Waals surface area contributed by atoms with Crippen LogP contribution in [0.2, 0.25) is 0 Å². The van der Waals surface area contributed by atoms with E-state index >= 15 is 0 Å². The first-order valence-electron chi connectivity index (χ1n) is 14.7. The summed E-state index contributed by atoms with van der Waals surface area (Å²) in [5, 5.41) is 21.2. The molecule has 1 saturated carbocycles. The molecule has 2 aromatic rings. The molecule has 13 nitrogen and oxygen atoms in total. The van der Waals surface area contributed by atoms with E-state index < -0.39 is 59.0 Å². The fourth-order valence-corrected chi connectivity index (χ4v) is 5.79. The van der Waals surface area contributed by atoms with Gasteiger partial charge in [-0.25, -0.2) is 14.1 Å². The number of halogens is 1. The van der Waals surface area contributed by atoms with Gasteiger partial charge in [-0.3, -0.25) is 24.0 Å². The number of benzene rings is 1. The number of hydrogen-bond acceptors (Lipinski definition) is 8. The van der Waals surface area contributed by atoms with Crippen LogP contribution in [0.25, 0.3) is 0 Å². The number of nitrogens with two attached hydrogens (primary N) is 1. The van der Waals surface area contributed by atoms with E-state index in [-0.39, 0.29) is 36.6 Å². The number of carbonyl (C=O) groups is 5. The van der Waals surface area contributed by atoms with Crippen molar-refractivity contribution in [1.82, 2.24) is 25.2 Å². The van der Waals surface area contributed by atoms with E-state index in [4.69, 9.17) is 5.73 Å². The highest BCUT2D eigenvalue weighted by Gasteiger charge is 2.44. The van der Waals surface area contributed by atoms with E-state index in [9.17, 15) is 33.5 Å². The molecule has 1 aliphatic carbocycles. The number of aromatic nitrogens is 3. The maximum atomic E-state index is 14.2. The Morgan fingerprint density at radius 3 is 2.41 bits per heavy atom. The van der Waals surface area contributed by atoms with E-state index in [1.165, 1.54) is 34.8 Å². The van der Waals surface area contributed by atoms with Gasteiger partial charge >= 0.3 is 0 Å². The van der Waals surface area contributed by atoms with Crippen LogP contribution >= 0.6 is 0 Å². The van der Waals surface area contributed by atoms with Gasteiger partial charge < -0.3 is 21.1 Å². The average molecular weight is 612 g/mol. The smallest absolute Gasteiger partial charge is 0.287 e. The molecule has 1 aromatic heterocycles. The summed E-state index contributed by atoms with van der Waals surface area (Å²) in [6.45, 7) is 4.37. The number of ketones is 1. The maximum absolute atomic E-state index is 14.2. The van der Waals surface area contributed by atoms with Gasteiger partial charge in [0.15, 0.2) is 0 Å². The molecular weight excluding hydrogens is 573 g/mol. The third-order valence-corrected chi connectivity index (χ3v) is 8.17. The number of Topliss-reactive ketones (excluding diaryl/α,β-unsaturated/α-hetero) is 1. The second-order valence-corrected chi connectivity index (χ2v) is 12.0. The Bertz CT molecular complexity index is 1440. The summed E-state index contributed by atoms with van der Waals surface area (Å²) in [7, 11) is 0. The highest BCUT2D eigenvalue weighted by molar-refractivity contribution is 6.41. The summed E-state index contributed by atoms with van der Waals surface area (Å²) in [5.74, 6) is -4.72. The number of rotatable bonds is 10. The summed E-state index contributed by atoms with van der Waals surface area (Å²) in [5.41, 5.74) is 4.19.